The first-order valence-corrected chi connectivity index (χ1v) is 34.8. The van der Waals surface area contributed by atoms with Crippen LogP contribution in [0.25, 0.3) is 0 Å². The fraction of sp³-hybridized carbons (Fsp3) is 0.716. The van der Waals surface area contributed by atoms with Crippen molar-refractivity contribution in [3.63, 3.8) is 0 Å². The molecule has 0 spiro atoms. The Labute approximate surface area is 533 Å². The van der Waals surface area contributed by atoms with Crippen molar-refractivity contribution in [3.8, 4) is 0 Å². The van der Waals surface area contributed by atoms with Gasteiger partial charge >= 0.3 is 0 Å². The van der Waals surface area contributed by atoms with Gasteiger partial charge in [-0.05, 0) is 96.3 Å². The van der Waals surface area contributed by atoms with Gasteiger partial charge in [0.1, 0.15) is 48.8 Å². The van der Waals surface area contributed by atoms with Gasteiger partial charge < -0.3 is 65.1 Å². The van der Waals surface area contributed by atoms with Gasteiger partial charge in [0, 0.05) is 6.42 Å². The lowest BCUT2D eigenvalue weighted by atomic mass is 9.97. The SMILES string of the molecule is CC/C=C\C/C=C\C/C=C\C/C=C\C/C=C\C/C=C\C/C=C\C/C=C\CCCCC(=O)NC(COC1OC(CO)C(OC2OC(CO)C(O)C(O)C2O)C(O)C1O)C(O)/C=C/CC/C=C/CCCCCCCCCCCCCCCCCCCCCCC. The molecule has 14 nitrogen and oxygen atoms in total. The zero-order valence-corrected chi connectivity index (χ0v) is 54.7. The molecule has 88 heavy (non-hydrogen) atoms. The molecule has 504 valence electrons. The van der Waals surface area contributed by atoms with Crippen molar-refractivity contribution in [2.24, 2.45) is 0 Å². The summed E-state index contributed by atoms with van der Waals surface area (Å²) in [6.45, 7) is 2.65. The van der Waals surface area contributed by atoms with Crippen LogP contribution < -0.4 is 5.32 Å². The zero-order chi connectivity index (χ0) is 63.8. The van der Waals surface area contributed by atoms with Crippen LogP contribution in [0.15, 0.2) is 122 Å². The van der Waals surface area contributed by atoms with Crippen LogP contribution in [0.1, 0.15) is 245 Å². The molecule has 1 amide bonds. The molecule has 0 aromatic carbocycles. The number of carbonyl (C=O) groups is 1. The molecule has 12 unspecified atom stereocenters. The summed E-state index contributed by atoms with van der Waals surface area (Å²) in [5.41, 5.74) is 0. The summed E-state index contributed by atoms with van der Waals surface area (Å²) in [7, 11) is 0. The number of amides is 1. The van der Waals surface area contributed by atoms with Gasteiger partial charge in [0.05, 0.1) is 32.0 Å². The quantitative estimate of drug-likeness (QED) is 0.0204. The molecule has 9 N–H and O–H groups in total. The van der Waals surface area contributed by atoms with Crippen LogP contribution in [0, 0.1) is 0 Å². The summed E-state index contributed by atoms with van der Waals surface area (Å²) in [6.07, 6.45) is 66.8. The fourth-order valence-electron chi connectivity index (χ4n) is 10.6. The van der Waals surface area contributed by atoms with Crippen LogP contribution >= 0.6 is 0 Å². The number of carbonyl (C=O) groups excluding carboxylic acids is 1. The molecule has 0 bridgehead atoms. The first kappa shape index (κ1) is 80.5. The van der Waals surface area contributed by atoms with E-state index in [1.165, 1.54) is 135 Å². The van der Waals surface area contributed by atoms with E-state index in [1.54, 1.807) is 6.08 Å². The van der Waals surface area contributed by atoms with Crippen LogP contribution in [0.5, 0.6) is 0 Å². The molecular formula is C74H125NO13. The van der Waals surface area contributed by atoms with Crippen LogP contribution in [0.4, 0.5) is 0 Å². The Balaban J connectivity index is 1.75. The molecule has 0 saturated carbocycles. The maximum absolute atomic E-state index is 13.3. The first-order chi connectivity index (χ1) is 43.1. The van der Waals surface area contributed by atoms with E-state index in [0.29, 0.717) is 12.8 Å². The maximum Gasteiger partial charge on any atom is 0.220 e. The molecule has 14 heteroatoms. The summed E-state index contributed by atoms with van der Waals surface area (Å²) < 4.78 is 22.8. The van der Waals surface area contributed by atoms with Crippen molar-refractivity contribution >= 4 is 5.91 Å². The molecule has 2 saturated heterocycles. The van der Waals surface area contributed by atoms with E-state index in [9.17, 15) is 45.6 Å². The van der Waals surface area contributed by atoms with Crippen molar-refractivity contribution in [1.29, 1.82) is 0 Å². The fourth-order valence-corrected chi connectivity index (χ4v) is 10.6. The van der Waals surface area contributed by atoms with Gasteiger partial charge in [-0.1, -0.05) is 264 Å². The highest BCUT2D eigenvalue weighted by atomic mass is 16.7. The molecule has 0 radical (unpaired) electrons. The number of hydrogen-bond donors (Lipinski definition) is 9. The molecular weight excluding hydrogens is 1110 g/mol. The highest BCUT2D eigenvalue weighted by molar-refractivity contribution is 5.76. The third-order valence-electron chi connectivity index (χ3n) is 16.1. The van der Waals surface area contributed by atoms with E-state index in [0.717, 1.165) is 77.0 Å². The summed E-state index contributed by atoms with van der Waals surface area (Å²) in [5, 5.41) is 87.4. The van der Waals surface area contributed by atoms with Gasteiger partial charge in [0.15, 0.2) is 12.6 Å². The van der Waals surface area contributed by atoms with Crippen LogP contribution in [-0.2, 0) is 23.7 Å². The second kappa shape index (κ2) is 57.3. The van der Waals surface area contributed by atoms with Gasteiger partial charge in [0.25, 0.3) is 0 Å². The highest BCUT2D eigenvalue weighted by Crippen LogP contribution is 2.30. The average Bonchev–Trinajstić information content (AvgIpc) is 1.93. The number of ether oxygens (including phenoxy) is 4. The van der Waals surface area contributed by atoms with Gasteiger partial charge in [-0.3, -0.25) is 4.79 Å². The number of nitrogens with one attached hydrogen (secondary N) is 1. The molecule has 2 aliphatic heterocycles. The summed E-state index contributed by atoms with van der Waals surface area (Å²) in [4.78, 5) is 13.3. The van der Waals surface area contributed by atoms with E-state index in [-0.39, 0.29) is 18.9 Å². The van der Waals surface area contributed by atoms with E-state index >= 15 is 0 Å². The molecule has 2 heterocycles. The molecule has 2 rings (SSSR count). The molecule has 12 atom stereocenters. The standard InChI is InChI=1S/C74H125NO13/c1-3-5-7-9-11-13-15-17-19-21-23-25-27-29-31-33-35-37-39-41-43-45-47-49-51-53-55-57-63(78)62(61-85-73-71(84)69(82)72(65(60-77)87-73)88-74-70(83)68(81)67(80)64(59-76)86-74)75-66(79)58-56-54-52-50-48-46-44-42-40-38-36-34-32-30-28-26-24-22-20-18-16-14-12-10-8-6-4-2/h6,8,12,14,18,20,24,26,30,32,36,38,42,44,47-50,55,57,62-65,67-74,76-78,80-84H,3-5,7,9-11,13,15-17,19,21-23,25,27-29,31,33-35,37,39-41,43,45-46,51-54,56,58-61H2,1-2H3,(H,75,79)/b8-6-,14-12-,20-18-,26-24-,32-30-,38-36-,44-42-,49-47+,50-48-,57-55+. The molecule has 0 aromatic rings. The Hall–Kier alpha value is -3.61. The minimum atomic E-state index is -1.80. The maximum atomic E-state index is 13.3. The number of aliphatic hydroxyl groups is 8. The van der Waals surface area contributed by atoms with E-state index in [4.69, 9.17) is 18.9 Å². The third-order valence-corrected chi connectivity index (χ3v) is 16.1. The Morgan fingerprint density at radius 3 is 1.25 bits per heavy atom. The molecule has 2 aliphatic rings. The predicted molar refractivity (Wildman–Crippen MR) is 359 cm³/mol. The number of aliphatic hydroxyl groups excluding tert-OH is 8. The second-order valence-corrected chi connectivity index (χ2v) is 23.9. The highest BCUT2D eigenvalue weighted by Gasteiger charge is 2.51. The first-order valence-electron chi connectivity index (χ1n) is 34.8. The van der Waals surface area contributed by atoms with E-state index in [1.807, 2.05) is 6.08 Å². The van der Waals surface area contributed by atoms with Gasteiger partial charge in [0.2, 0.25) is 5.91 Å². The largest absolute Gasteiger partial charge is 0.394 e. The monoisotopic (exact) mass is 1240 g/mol. The van der Waals surface area contributed by atoms with Crippen LogP contribution in [0.2, 0.25) is 0 Å². The Kier molecular flexibility index (Phi) is 52.4. The number of unbranched alkanes of at least 4 members (excludes halogenated alkanes) is 24. The zero-order valence-electron chi connectivity index (χ0n) is 54.7. The topological polar surface area (TPSA) is 228 Å². The normalized spacial score (nSPS) is 23.9. The molecule has 0 aliphatic carbocycles. The average molecular weight is 1240 g/mol. The summed E-state index contributed by atoms with van der Waals surface area (Å²) in [6, 6.07) is -0.966. The molecule has 0 aromatic heterocycles. The Bertz CT molecular complexity index is 1940. The van der Waals surface area contributed by atoms with Gasteiger partial charge in [-0.25, -0.2) is 0 Å². The minimum absolute atomic E-state index is 0.210. The number of allylic oxidation sites excluding steroid dienone is 19. The third kappa shape index (κ3) is 41.0. The van der Waals surface area contributed by atoms with Gasteiger partial charge in [-0.15, -0.1) is 0 Å². The molecule has 2 fully saturated rings. The minimum Gasteiger partial charge on any atom is -0.394 e. The Morgan fingerprint density at radius 2 is 0.795 bits per heavy atom. The second-order valence-electron chi connectivity index (χ2n) is 23.9. The predicted octanol–water partition coefficient (Wildman–Crippen LogP) is 14.1. The van der Waals surface area contributed by atoms with E-state index in [2.05, 4.69) is 129 Å². The number of hydrogen-bond acceptors (Lipinski definition) is 13. The van der Waals surface area contributed by atoms with Crippen molar-refractivity contribution in [1.82, 2.24) is 5.32 Å². The van der Waals surface area contributed by atoms with E-state index < -0.39 is 86.8 Å². The lowest BCUT2D eigenvalue weighted by Gasteiger charge is -2.46. The lowest BCUT2D eigenvalue weighted by molar-refractivity contribution is -0.359. The van der Waals surface area contributed by atoms with Crippen molar-refractivity contribution in [3.05, 3.63) is 122 Å². The summed E-state index contributed by atoms with van der Waals surface area (Å²) in [5.74, 6) is -0.295. The van der Waals surface area contributed by atoms with Crippen LogP contribution in [0.3, 0.4) is 0 Å². The number of rotatable bonds is 55. The van der Waals surface area contributed by atoms with Gasteiger partial charge in [-0.2, -0.15) is 0 Å². The van der Waals surface area contributed by atoms with Crippen molar-refractivity contribution in [2.45, 2.75) is 319 Å². The van der Waals surface area contributed by atoms with Crippen LogP contribution in [-0.4, -0.2) is 140 Å². The Morgan fingerprint density at radius 1 is 0.420 bits per heavy atom. The summed E-state index contributed by atoms with van der Waals surface area (Å²) >= 11 is 0. The lowest BCUT2D eigenvalue weighted by Crippen LogP contribution is -2.65. The van der Waals surface area contributed by atoms with Crippen molar-refractivity contribution < 1.29 is 64.6 Å². The smallest absolute Gasteiger partial charge is 0.220 e. The van der Waals surface area contributed by atoms with Crippen molar-refractivity contribution in [2.75, 3.05) is 19.8 Å².